The van der Waals surface area contributed by atoms with Gasteiger partial charge in [0, 0.05) is 6.42 Å². The van der Waals surface area contributed by atoms with Crippen LogP contribution in [0, 0.1) is 6.92 Å². The van der Waals surface area contributed by atoms with Crippen molar-refractivity contribution in [1.82, 2.24) is 4.90 Å². The van der Waals surface area contributed by atoms with E-state index >= 15 is 0 Å². The fourth-order valence-corrected chi connectivity index (χ4v) is 3.30. The summed E-state index contributed by atoms with van der Waals surface area (Å²) in [6.45, 7) is 4.36. The van der Waals surface area contributed by atoms with Gasteiger partial charge in [-0.05, 0) is 44.0 Å². The van der Waals surface area contributed by atoms with Gasteiger partial charge in [0.1, 0.15) is 0 Å². The minimum absolute atomic E-state index is 0.214. The van der Waals surface area contributed by atoms with Gasteiger partial charge in [0.05, 0.1) is 11.8 Å². The van der Waals surface area contributed by atoms with E-state index in [-0.39, 0.29) is 6.04 Å². The molecule has 1 aromatic rings. The number of nitrogens with zero attached hydrogens (tertiary/aromatic N) is 2. The maximum atomic E-state index is 9.27. The van der Waals surface area contributed by atoms with Gasteiger partial charge < -0.3 is 5.21 Å². The molecule has 96 valence electrons. The molecule has 0 amide bonds. The Labute approximate surface area is 108 Å². The Morgan fingerprint density at radius 3 is 2.72 bits per heavy atom. The number of piperidine rings is 1. The molecule has 1 unspecified atom stereocenters. The van der Waals surface area contributed by atoms with Crippen molar-refractivity contribution in [3.63, 3.8) is 0 Å². The first kappa shape index (κ1) is 11.7. The third-order valence-electron chi connectivity index (χ3n) is 4.16. The zero-order valence-electron chi connectivity index (χ0n) is 10.9. The molecule has 0 saturated carbocycles. The zero-order valence-corrected chi connectivity index (χ0v) is 10.9. The van der Waals surface area contributed by atoms with E-state index in [9.17, 15) is 5.21 Å². The van der Waals surface area contributed by atoms with Crippen LogP contribution in [0.15, 0.2) is 23.4 Å². The maximum absolute atomic E-state index is 9.27. The molecule has 1 fully saturated rings. The lowest BCUT2D eigenvalue weighted by atomic mass is 10.0. The molecule has 0 spiro atoms. The van der Waals surface area contributed by atoms with Gasteiger partial charge in [-0.3, -0.25) is 4.90 Å². The Morgan fingerprint density at radius 1 is 1.22 bits per heavy atom. The van der Waals surface area contributed by atoms with E-state index in [0.717, 1.165) is 25.2 Å². The molecular formula is C15H20N2O. The van der Waals surface area contributed by atoms with Gasteiger partial charge in [0.15, 0.2) is 0 Å². The normalized spacial score (nSPS) is 26.5. The molecule has 1 saturated heterocycles. The average Bonchev–Trinajstić information content (AvgIpc) is 2.77. The van der Waals surface area contributed by atoms with E-state index in [2.05, 4.69) is 35.2 Å². The monoisotopic (exact) mass is 244 g/mol. The maximum Gasteiger partial charge on any atom is 0.0831 e. The summed E-state index contributed by atoms with van der Waals surface area (Å²) >= 11 is 0. The van der Waals surface area contributed by atoms with E-state index in [4.69, 9.17) is 0 Å². The molecule has 2 aliphatic rings. The summed E-state index contributed by atoms with van der Waals surface area (Å²) in [4.78, 5) is 2.47. The highest BCUT2D eigenvalue weighted by molar-refractivity contribution is 5.96. The van der Waals surface area contributed by atoms with Crippen molar-refractivity contribution < 1.29 is 5.21 Å². The lowest BCUT2D eigenvalue weighted by molar-refractivity contribution is 0.199. The van der Waals surface area contributed by atoms with Crippen LogP contribution in [0.4, 0.5) is 0 Å². The lowest BCUT2D eigenvalue weighted by Crippen LogP contribution is -2.36. The fourth-order valence-electron chi connectivity index (χ4n) is 3.30. The average molecular weight is 244 g/mol. The fraction of sp³-hybridized carbons (Fsp3) is 0.533. The Balaban J connectivity index is 1.97. The summed E-state index contributed by atoms with van der Waals surface area (Å²) in [6, 6.07) is 6.81. The van der Waals surface area contributed by atoms with Gasteiger partial charge in [0.2, 0.25) is 0 Å². The summed E-state index contributed by atoms with van der Waals surface area (Å²) in [5.41, 5.74) is 4.87. The molecule has 0 bridgehead atoms. The Kier molecular flexibility index (Phi) is 3.08. The molecule has 0 radical (unpaired) electrons. The largest absolute Gasteiger partial charge is 0.411 e. The van der Waals surface area contributed by atoms with Gasteiger partial charge in [-0.15, -0.1) is 0 Å². The standard InChI is InChI=1S/C15H20N2O/c1-11-5-6-13-12(9-11)10-14(16-18)15(13)17-7-3-2-4-8-17/h5-6,9,15,18H,2-4,7-8,10H2,1H3. The van der Waals surface area contributed by atoms with Crippen LogP contribution in [0.2, 0.25) is 0 Å². The smallest absolute Gasteiger partial charge is 0.0831 e. The van der Waals surface area contributed by atoms with Crippen molar-refractivity contribution in [3.05, 3.63) is 34.9 Å². The Morgan fingerprint density at radius 2 is 2.00 bits per heavy atom. The molecule has 0 aromatic heterocycles. The predicted molar refractivity (Wildman–Crippen MR) is 72.3 cm³/mol. The van der Waals surface area contributed by atoms with Crippen molar-refractivity contribution in [3.8, 4) is 0 Å². The quantitative estimate of drug-likeness (QED) is 0.609. The Hall–Kier alpha value is -1.35. The van der Waals surface area contributed by atoms with E-state index in [1.165, 1.54) is 36.0 Å². The predicted octanol–water partition coefficient (Wildman–Crippen LogP) is 2.91. The summed E-state index contributed by atoms with van der Waals surface area (Å²) in [5, 5.41) is 12.8. The van der Waals surface area contributed by atoms with Gasteiger partial charge in [-0.25, -0.2) is 0 Å². The first-order chi connectivity index (χ1) is 8.79. The van der Waals surface area contributed by atoms with Crippen LogP contribution in [0.5, 0.6) is 0 Å². The zero-order chi connectivity index (χ0) is 12.5. The summed E-state index contributed by atoms with van der Waals surface area (Å²) in [7, 11) is 0. The molecule has 1 atom stereocenters. The molecule has 1 aliphatic heterocycles. The molecule has 3 rings (SSSR count). The molecule has 1 heterocycles. The molecule has 3 heteroatoms. The number of hydrogen-bond donors (Lipinski definition) is 1. The van der Waals surface area contributed by atoms with Crippen molar-refractivity contribution in [2.24, 2.45) is 5.16 Å². The van der Waals surface area contributed by atoms with E-state index in [1.54, 1.807) is 0 Å². The number of aryl methyl sites for hydroxylation is 1. The van der Waals surface area contributed by atoms with Crippen LogP contribution >= 0.6 is 0 Å². The first-order valence-corrected chi connectivity index (χ1v) is 6.84. The highest BCUT2D eigenvalue weighted by Crippen LogP contribution is 2.35. The second kappa shape index (κ2) is 4.73. The van der Waals surface area contributed by atoms with Crippen LogP contribution < -0.4 is 0 Å². The molecule has 1 aliphatic carbocycles. The van der Waals surface area contributed by atoms with Crippen LogP contribution in [-0.4, -0.2) is 28.9 Å². The molecule has 18 heavy (non-hydrogen) atoms. The number of benzene rings is 1. The van der Waals surface area contributed by atoms with Gasteiger partial charge in [0.25, 0.3) is 0 Å². The van der Waals surface area contributed by atoms with Gasteiger partial charge in [-0.2, -0.15) is 0 Å². The highest BCUT2D eigenvalue weighted by atomic mass is 16.4. The van der Waals surface area contributed by atoms with Crippen LogP contribution in [0.25, 0.3) is 0 Å². The van der Waals surface area contributed by atoms with Crippen LogP contribution in [0.3, 0.4) is 0 Å². The minimum atomic E-state index is 0.214. The van der Waals surface area contributed by atoms with Gasteiger partial charge >= 0.3 is 0 Å². The van der Waals surface area contributed by atoms with E-state index < -0.39 is 0 Å². The number of rotatable bonds is 1. The number of likely N-dealkylation sites (tertiary alicyclic amines) is 1. The van der Waals surface area contributed by atoms with Crippen molar-refractivity contribution in [2.45, 2.75) is 38.6 Å². The van der Waals surface area contributed by atoms with Gasteiger partial charge in [-0.1, -0.05) is 35.3 Å². The van der Waals surface area contributed by atoms with E-state index in [0.29, 0.717) is 0 Å². The van der Waals surface area contributed by atoms with Crippen LogP contribution in [-0.2, 0) is 6.42 Å². The minimum Gasteiger partial charge on any atom is -0.411 e. The van der Waals surface area contributed by atoms with Crippen molar-refractivity contribution >= 4 is 5.71 Å². The number of fused-ring (bicyclic) bond motifs is 1. The summed E-state index contributed by atoms with van der Waals surface area (Å²) < 4.78 is 0. The molecule has 1 aromatic carbocycles. The summed E-state index contributed by atoms with van der Waals surface area (Å²) in [6.07, 6.45) is 4.65. The first-order valence-electron chi connectivity index (χ1n) is 6.84. The summed E-state index contributed by atoms with van der Waals surface area (Å²) in [5.74, 6) is 0. The second-order valence-corrected chi connectivity index (χ2v) is 5.47. The van der Waals surface area contributed by atoms with Crippen LogP contribution in [0.1, 0.15) is 42.0 Å². The third kappa shape index (κ3) is 1.93. The number of oxime groups is 1. The topological polar surface area (TPSA) is 35.8 Å². The molecule has 3 nitrogen and oxygen atoms in total. The van der Waals surface area contributed by atoms with Crippen molar-refractivity contribution in [1.29, 1.82) is 0 Å². The second-order valence-electron chi connectivity index (χ2n) is 5.47. The third-order valence-corrected chi connectivity index (χ3v) is 4.16. The SMILES string of the molecule is Cc1ccc2c(c1)CC(=NO)C2N1CCCCC1. The van der Waals surface area contributed by atoms with Crippen molar-refractivity contribution in [2.75, 3.05) is 13.1 Å². The Bertz CT molecular complexity index is 475. The molecule has 1 N–H and O–H groups in total. The number of hydrogen-bond acceptors (Lipinski definition) is 3. The lowest BCUT2D eigenvalue weighted by Gasteiger charge is -2.32. The molecular weight excluding hydrogens is 224 g/mol. The van der Waals surface area contributed by atoms with E-state index in [1.807, 2.05) is 0 Å². The highest BCUT2D eigenvalue weighted by Gasteiger charge is 2.34.